The van der Waals surface area contributed by atoms with Crippen LogP contribution in [0.25, 0.3) is 0 Å². The summed E-state index contributed by atoms with van der Waals surface area (Å²) in [5, 5.41) is 3.11. The average Bonchev–Trinajstić information content (AvgIpc) is 2.36. The van der Waals surface area contributed by atoms with Crippen LogP contribution in [0.3, 0.4) is 0 Å². The molecule has 16 heavy (non-hydrogen) atoms. The van der Waals surface area contributed by atoms with E-state index in [0.717, 1.165) is 11.3 Å². The maximum Gasteiger partial charge on any atom is 0.227 e. The van der Waals surface area contributed by atoms with E-state index < -0.39 is 0 Å². The standard InChI is InChI=1S/C11H11N3.C2H6.H2/c1-9-7-12-11(13-8-9)14-10-5-3-2-4-6-10;1-2;/h2-8H,1H3,(H,12,13,14);1-2H3;1H. The zero-order valence-corrected chi connectivity index (χ0v) is 9.94. The fraction of sp³-hybridized carbons (Fsp3) is 0.231. The van der Waals surface area contributed by atoms with Gasteiger partial charge in [-0.3, -0.25) is 0 Å². The molecule has 86 valence electrons. The van der Waals surface area contributed by atoms with E-state index in [9.17, 15) is 0 Å². The predicted molar refractivity (Wildman–Crippen MR) is 70.0 cm³/mol. The Morgan fingerprint density at radius 1 is 1.00 bits per heavy atom. The summed E-state index contributed by atoms with van der Waals surface area (Å²) >= 11 is 0. The molecule has 1 aromatic heterocycles. The number of aromatic nitrogens is 2. The lowest BCUT2D eigenvalue weighted by molar-refractivity contribution is 1.13. The van der Waals surface area contributed by atoms with Crippen LogP contribution < -0.4 is 5.32 Å². The fourth-order valence-corrected chi connectivity index (χ4v) is 1.11. The van der Waals surface area contributed by atoms with Crippen molar-refractivity contribution >= 4 is 11.6 Å². The van der Waals surface area contributed by atoms with E-state index in [2.05, 4.69) is 15.3 Å². The van der Waals surface area contributed by atoms with E-state index in [4.69, 9.17) is 0 Å². The molecule has 0 fully saturated rings. The number of hydrogen-bond acceptors (Lipinski definition) is 3. The van der Waals surface area contributed by atoms with Crippen LogP contribution in [0.5, 0.6) is 0 Å². The van der Waals surface area contributed by atoms with Crippen molar-refractivity contribution in [1.82, 2.24) is 9.97 Å². The topological polar surface area (TPSA) is 37.8 Å². The molecule has 3 heteroatoms. The lowest BCUT2D eigenvalue weighted by atomic mass is 10.3. The summed E-state index contributed by atoms with van der Waals surface area (Å²) in [6.45, 7) is 5.96. The first-order valence-electron chi connectivity index (χ1n) is 5.45. The third kappa shape index (κ3) is 3.69. The number of anilines is 2. The maximum atomic E-state index is 4.15. The second-order valence-corrected chi connectivity index (χ2v) is 3.08. The van der Waals surface area contributed by atoms with Crippen LogP contribution >= 0.6 is 0 Å². The van der Waals surface area contributed by atoms with Gasteiger partial charge in [0.2, 0.25) is 5.95 Å². The van der Waals surface area contributed by atoms with Crippen LogP contribution in [-0.2, 0) is 0 Å². The quantitative estimate of drug-likeness (QED) is 0.831. The van der Waals surface area contributed by atoms with Gasteiger partial charge >= 0.3 is 0 Å². The summed E-state index contributed by atoms with van der Waals surface area (Å²) in [6.07, 6.45) is 3.58. The molecular formula is C13H19N3. The van der Waals surface area contributed by atoms with Gasteiger partial charge < -0.3 is 5.32 Å². The molecular weight excluding hydrogens is 198 g/mol. The number of rotatable bonds is 2. The summed E-state index contributed by atoms with van der Waals surface area (Å²) < 4.78 is 0. The summed E-state index contributed by atoms with van der Waals surface area (Å²) in [5.41, 5.74) is 2.06. The van der Waals surface area contributed by atoms with E-state index >= 15 is 0 Å². The second kappa shape index (κ2) is 6.56. The largest absolute Gasteiger partial charge is 0.324 e. The second-order valence-electron chi connectivity index (χ2n) is 3.08. The summed E-state index contributed by atoms with van der Waals surface area (Å²) in [5.74, 6) is 0.627. The Hall–Kier alpha value is -1.90. The van der Waals surface area contributed by atoms with E-state index in [1.807, 2.05) is 51.1 Å². The van der Waals surface area contributed by atoms with Gasteiger partial charge in [0.1, 0.15) is 0 Å². The predicted octanol–water partition coefficient (Wildman–Crippen LogP) is 3.80. The smallest absolute Gasteiger partial charge is 0.227 e. The fourth-order valence-electron chi connectivity index (χ4n) is 1.11. The monoisotopic (exact) mass is 217 g/mol. The van der Waals surface area contributed by atoms with Gasteiger partial charge in [0.05, 0.1) is 0 Å². The lowest BCUT2D eigenvalue weighted by Gasteiger charge is -2.03. The first-order valence-corrected chi connectivity index (χ1v) is 5.45. The van der Waals surface area contributed by atoms with E-state index in [1.54, 1.807) is 12.4 Å². The van der Waals surface area contributed by atoms with Gasteiger partial charge in [0.15, 0.2) is 0 Å². The highest BCUT2D eigenvalue weighted by Crippen LogP contribution is 2.10. The Balaban J connectivity index is 0.000000811. The van der Waals surface area contributed by atoms with Crippen molar-refractivity contribution < 1.29 is 1.43 Å². The maximum absolute atomic E-state index is 4.15. The Morgan fingerprint density at radius 2 is 1.56 bits per heavy atom. The SMILES string of the molecule is CC.Cc1cnc(Nc2ccccc2)nc1.[HH]. The van der Waals surface area contributed by atoms with Crippen LogP contribution in [-0.4, -0.2) is 9.97 Å². The molecule has 3 nitrogen and oxygen atoms in total. The molecule has 2 rings (SSSR count). The highest BCUT2D eigenvalue weighted by Gasteiger charge is 1.94. The highest BCUT2D eigenvalue weighted by atomic mass is 15.1. The van der Waals surface area contributed by atoms with E-state index in [1.165, 1.54) is 0 Å². The van der Waals surface area contributed by atoms with E-state index in [-0.39, 0.29) is 1.43 Å². The first kappa shape index (κ1) is 12.2. The molecule has 0 bridgehead atoms. The van der Waals surface area contributed by atoms with Crippen LogP contribution in [0.1, 0.15) is 20.8 Å². The molecule has 0 amide bonds. The Bertz CT molecular complexity index is 401. The molecule has 1 aromatic carbocycles. The molecule has 1 heterocycles. The number of nitrogens with one attached hydrogen (secondary N) is 1. The Labute approximate surface area is 98.1 Å². The molecule has 0 spiro atoms. The Kier molecular flexibility index (Phi) is 4.99. The van der Waals surface area contributed by atoms with Gasteiger partial charge in [0, 0.05) is 19.5 Å². The minimum absolute atomic E-state index is 0. The number of nitrogens with zero attached hydrogens (tertiary/aromatic N) is 2. The minimum atomic E-state index is 0. The van der Waals surface area contributed by atoms with Crippen LogP contribution in [0.4, 0.5) is 11.6 Å². The zero-order chi connectivity index (χ0) is 11.8. The number of aryl methyl sites for hydroxylation is 1. The minimum Gasteiger partial charge on any atom is -0.324 e. The molecule has 0 unspecified atom stereocenters. The van der Waals surface area contributed by atoms with Crippen LogP contribution in [0.2, 0.25) is 0 Å². The van der Waals surface area contributed by atoms with Crippen LogP contribution in [0.15, 0.2) is 42.7 Å². The molecule has 0 aliphatic heterocycles. The summed E-state index contributed by atoms with van der Waals surface area (Å²) in [6, 6.07) is 9.86. The average molecular weight is 217 g/mol. The molecule has 0 atom stereocenters. The highest BCUT2D eigenvalue weighted by molar-refractivity contribution is 5.52. The number of para-hydroxylation sites is 1. The van der Waals surface area contributed by atoms with Crippen molar-refractivity contribution in [2.24, 2.45) is 0 Å². The Morgan fingerprint density at radius 3 is 2.12 bits per heavy atom. The van der Waals surface area contributed by atoms with Crippen LogP contribution in [0, 0.1) is 6.92 Å². The van der Waals surface area contributed by atoms with Gasteiger partial charge in [-0.2, -0.15) is 0 Å². The molecule has 0 radical (unpaired) electrons. The van der Waals surface area contributed by atoms with Gasteiger partial charge in [-0.05, 0) is 24.6 Å². The van der Waals surface area contributed by atoms with Gasteiger partial charge in [0.25, 0.3) is 0 Å². The van der Waals surface area contributed by atoms with Crippen molar-refractivity contribution in [3.8, 4) is 0 Å². The van der Waals surface area contributed by atoms with Crippen molar-refractivity contribution in [3.63, 3.8) is 0 Å². The van der Waals surface area contributed by atoms with Crippen molar-refractivity contribution in [1.29, 1.82) is 0 Å². The number of benzene rings is 1. The molecule has 0 aliphatic rings. The molecule has 2 aromatic rings. The summed E-state index contributed by atoms with van der Waals surface area (Å²) in [4.78, 5) is 8.30. The molecule has 0 aliphatic carbocycles. The van der Waals surface area contributed by atoms with Crippen molar-refractivity contribution in [2.75, 3.05) is 5.32 Å². The van der Waals surface area contributed by atoms with E-state index in [0.29, 0.717) is 5.95 Å². The van der Waals surface area contributed by atoms with Gasteiger partial charge in [-0.15, -0.1) is 0 Å². The zero-order valence-electron chi connectivity index (χ0n) is 9.94. The lowest BCUT2D eigenvalue weighted by Crippen LogP contribution is -1.96. The van der Waals surface area contributed by atoms with Crippen molar-refractivity contribution in [3.05, 3.63) is 48.3 Å². The van der Waals surface area contributed by atoms with Crippen molar-refractivity contribution in [2.45, 2.75) is 20.8 Å². The van der Waals surface area contributed by atoms with Gasteiger partial charge in [-0.1, -0.05) is 32.0 Å². The first-order chi connectivity index (χ1) is 7.84. The van der Waals surface area contributed by atoms with Gasteiger partial charge in [-0.25, -0.2) is 9.97 Å². The third-order valence-electron chi connectivity index (χ3n) is 1.81. The normalized spacial score (nSPS) is 8.94. The number of hydrogen-bond donors (Lipinski definition) is 1. The third-order valence-corrected chi connectivity index (χ3v) is 1.81. The molecule has 1 N–H and O–H groups in total. The summed E-state index contributed by atoms with van der Waals surface area (Å²) in [7, 11) is 0. The molecule has 0 saturated carbocycles. The molecule has 0 saturated heterocycles.